The topological polar surface area (TPSA) is 55.6 Å². The summed E-state index contributed by atoms with van der Waals surface area (Å²) >= 11 is 0. The average molecular weight is 298 g/mol. The van der Waals surface area contributed by atoms with E-state index >= 15 is 0 Å². The van der Waals surface area contributed by atoms with E-state index in [0.717, 1.165) is 19.3 Å². The van der Waals surface area contributed by atoms with Crippen LogP contribution in [-0.2, 0) is 0 Å². The van der Waals surface area contributed by atoms with Crippen molar-refractivity contribution in [2.75, 3.05) is 6.54 Å². The molecule has 0 spiro atoms. The van der Waals surface area contributed by atoms with Crippen molar-refractivity contribution in [1.82, 2.24) is 4.90 Å². The van der Waals surface area contributed by atoms with Gasteiger partial charge < -0.3 is 15.4 Å². The van der Waals surface area contributed by atoms with Crippen molar-refractivity contribution < 1.29 is 18.3 Å². The van der Waals surface area contributed by atoms with Crippen LogP contribution in [0.1, 0.15) is 36.5 Å². The molecule has 0 saturated carbocycles. The van der Waals surface area contributed by atoms with Crippen LogP contribution in [0.2, 0.25) is 0 Å². The minimum absolute atomic E-state index is 0.0400. The Morgan fingerprint density at radius 2 is 2.05 bits per heavy atom. The third-order valence-electron chi connectivity index (χ3n) is 3.86. The Bertz CT molecular complexity index is 479. The maximum atomic E-state index is 12.6. The van der Waals surface area contributed by atoms with Crippen molar-refractivity contribution in [2.45, 2.75) is 44.9 Å². The lowest BCUT2D eigenvalue weighted by Gasteiger charge is -2.40. The van der Waals surface area contributed by atoms with Crippen LogP contribution >= 0.6 is 0 Å². The van der Waals surface area contributed by atoms with Gasteiger partial charge in [0.2, 0.25) is 0 Å². The molecule has 1 aromatic rings. The first-order valence-electron chi connectivity index (χ1n) is 7.10. The number of nitrogens with zero attached hydrogens (tertiary/aromatic N) is 1. The van der Waals surface area contributed by atoms with Gasteiger partial charge in [0.05, 0.1) is 0 Å². The summed E-state index contributed by atoms with van der Waals surface area (Å²) in [5.74, 6) is -0.0649. The molecule has 0 bridgehead atoms. The van der Waals surface area contributed by atoms with Crippen molar-refractivity contribution in [3.8, 4) is 5.75 Å². The highest BCUT2D eigenvalue weighted by atomic mass is 19.3. The molecular weight excluding hydrogens is 278 g/mol. The fourth-order valence-corrected chi connectivity index (χ4v) is 2.81. The minimum atomic E-state index is -2.87. The Morgan fingerprint density at radius 3 is 2.62 bits per heavy atom. The van der Waals surface area contributed by atoms with E-state index in [2.05, 4.69) is 4.74 Å². The molecule has 1 fully saturated rings. The van der Waals surface area contributed by atoms with Gasteiger partial charge in [-0.1, -0.05) is 0 Å². The third kappa shape index (κ3) is 3.69. The molecule has 2 N–H and O–H groups in total. The minimum Gasteiger partial charge on any atom is -0.435 e. The summed E-state index contributed by atoms with van der Waals surface area (Å²) in [5.41, 5.74) is 6.22. The molecule has 2 atom stereocenters. The van der Waals surface area contributed by atoms with Crippen LogP contribution in [0.15, 0.2) is 24.3 Å². The number of carbonyl (C=O) groups is 1. The van der Waals surface area contributed by atoms with Crippen molar-refractivity contribution >= 4 is 5.91 Å². The van der Waals surface area contributed by atoms with E-state index < -0.39 is 6.61 Å². The van der Waals surface area contributed by atoms with Gasteiger partial charge in [-0.25, -0.2) is 0 Å². The van der Waals surface area contributed by atoms with Crippen molar-refractivity contribution in [2.24, 2.45) is 5.73 Å². The molecule has 116 valence electrons. The van der Waals surface area contributed by atoms with Crippen LogP contribution < -0.4 is 10.5 Å². The van der Waals surface area contributed by atoms with Gasteiger partial charge in [0.1, 0.15) is 5.75 Å². The SMILES string of the molecule is CC1CCCC(CN)N1C(=O)c1ccc(OC(F)F)cc1. The summed E-state index contributed by atoms with van der Waals surface area (Å²) in [6.45, 7) is -0.424. The standard InChI is InChI=1S/C15H20F2N2O2/c1-10-3-2-4-12(9-18)19(10)14(20)11-5-7-13(8-6-11)21-15(16)17/h5-8,10,12,15H,2-4,9,18H2,1H3. The predicted octanol–water partition coefficient (Wildman–Crippen LogP) is 2.63. The van der Waals surface area contributed by atoms with Crippen LogP contribution in [0.5, 0.6) is 5.75 Å². The summed E-state index contributed by atoms with van der Waals surface area (Å²) in [5, 5.41) is 0. The largest absolute Gasteiger partial charge is 0.435 e. The summed E-state index contributed by atoms with van der Waals surface area (Å²) in [6.07, 6.45) is 2.92. The van der Waals surface area contributed by atoms with Crippen molar-refractivity contribution in [3.63, 3.8) is 0 Å². The van der Waals surface area contributed by atoms with Gasteiger partial charge >= 0.3 is 6.61 Å². The summed E-state index contributed by atoms with van der Waals surface area (Å²) in [7, 11) is 0. The maximum Gasteiger partial charge on any atom is 0.387 e. The smallest absolute Gasteiger partial charge is 0.387 e. The lowest BCUT2D eigenvalue weighted by Crippen LogP contribution is -2.51. The van der Waals surface area contributed by atoms with Crippen LogP contribution in [-0.4, -0.2) is 36.0 Å². The fourth-order valence-electron chi connectivity index (χ4n) is 2.81. The normalized spacial score (nSPS) is 22.4. The number of benzene rings is 1. The number of hydrogen-bond donors (Lipinski definition) is 1. The van der Waals surface area contributed by atoms with E-state index in [9.17, 15) is 13.6 Å². The Kier molecular flexibility index (Phi) is 5.12. The van der Waals surface area contributed by atoms with Gasteiger partial charge in [0, 0.05) is 24.2 Å². The molecule has 1 amide bonds. The third-order valence-corrected chi connectivity index (χ3v) is 3.86. The van der Waals surface area contributed by atoms with E-state index in [1.807, 2.05) is 11.8 Å². The molecule has 1 aromatic carbocycles. The number of hydrogen-bond acceptors (Lipinski definition) is 3. The van der Waals surface area contributed by atoms with Crippen LogP contribution in [0.25, 0.3) is 0 Å². The monoisotopic (exact) mass is 298 g/mol. The molecule has 0 aromatic heterocycles. The Balaban J connectivity index is 2.14. The summed E-state index contributed by atoms with van der Waals surface area (Å²) in [6, 6.07) is 5.95. The first kappa shape index (κ1) is 15.7. The number of nitrogens with two attached hydrogens (primary N) is 1. The second-order valence-corrected chi connectivity index (χ2v) is 5.28. The van der Waals surface area contributed by atoms with Gasteiger partial charge in [-0.05, 0) is 50.5 Å². The number of halogens is 2. The highest BCUT2D eigenvalue weighted by Crippen LogP contribution is 2.25. The van der Waals surface area contributed by atoms with Gasteiger partial charge in [-0.3, -0.25) is 4.79 Å². The fraction of sp³-hybridized carbons (Fsp3) is 0.533. The van der Waals surface area contributed by atoms with Crippen LogP contribution in [0, 0.1) is 0 Å². The molecule has 1 saturated heterocycles. The van der Waals surface area contributed by atoms with E-state index in [0.29, 0.717) is 12.1 Å². The molecule has 1 aliphatic rings. The number of likely N-dealkylation sites (tertiary alicyclic amines) is 1. The van der Waals surface area contributed by atoms with Gasteiger partial charge in [0.25, 0.3) is 5.91 Å². The van der Waals surface area contributed by atoms with Crippen molar-refractivity contribution in [3.05, 3.63) is 29.8 Å². The zero-order valence-corrected chi connectivity index (χ0v) is 12.0. The molecule has 6 heteroatoms. The predicted molar refractivity (Wildman–Crippen MR) is 75.4 cm³/mol. The average Bonchev–Trinajstić information content (AvgIpc) is 2.46. The summed E-state index contributed by atoms with van der Waals surface area (Å²) < 4.78 is 28.5. The zero-order valence-electron chi connectivity index (χ0n) is 12.0. The Labute approximate surface area is 122 Å². The first-order chi connectivity index (χ1) is 10.0. The Hall–Kier alpha value is -1.69. The first-order valence-corrected chi connectivity index (χ1v) is 7.10. The molecule has 4 nitrogen and oxygen atoms in total. The lowest BCUT2D eigenvalue weighted by atomic mass is 9.95. The molecule has 1 heterocycles. The number of amides is 1. The van der Waals surface area contributed by atoms with Gasteiger partial charge in [-0.15, -0.1) is 0 Å². The second-order valence-electron chi connectivity index (χ2n) is 5.28. The highest BCUT2D eigenvalue weighted by molar-refractivity contribution is 5.94. The highest BCUT2D eigenvalue weighted by Gasteiger charge is 2.31. The van der Waals surface area contributed by atoms with Crippen LogP contribution in [0.3, 0.4) is 0 Å². The molecule has 2 unspecified atom stereocenters. The van der Waals surface area contributed by atoms with Gasteiger partial charge in [-0.2, -0.15) is 8.78 Å². The van der Waals surface area contributed by atoms with Crippen LogP contribution in [0.4, 0.5) is 8.78 Å². The molecule has 21 heavy (non-hydrogen) atoms. The molecule has 0 aliphatic carbocycles. The van der Waals surface area contributed by atoms with E-state index in [4.69, 9.17) is 5.73 Å². The molecule has 0 radical (unpaired) electrons. The molecular formula is C15H20F2N2O2. The quantitative estimate of drug-likeness (QED) is 0.929. The lowest BCUT2D eigenvalue weighted by molar-refractivity contribution is -0.0498. The van der Waals surface area contributed by atoms with Crippen molar-refractivity contribution in [1.29, 1.82) is 0 Å². The summed E-state index contributed by atoms with van der Waals surface area (Å²) in [4.78, 5) is 14.4. The maximum absolute atomic E-state index is 12.6. The van der Waals surface area contributed by atoms with E-state index in [1.54, 1.807) is 0 Å². The zero-order chi connectivity index (χ0) is 15.4. The number of rotatable bonds is 4. The van der Waals surface area contributed by atoms with Gasteiger partial charge in [0.15, 0.2) is 0 Å². The van der Waals surface area contributed by atoms with E-state index in [1.165, 1.54) is 24.3 Å². The second kappa shape index (κ2) is 6.85. The Morgan fingerprint density at radius 1 is 1.38 bits per heavy atom. The van der Waals surface area contributed by atoms with E-state index in [-0.39, 0.29) is 23.7 Å². The molecule has 2 rings (SSSR count). The number of alkyl halides is 2. The number of piperidine rings is 1. The number of carbonyl (C=O) groups excluding carboxylic acids is 1. The molecule has 1 aliphatic heterocycles. The number of ether oxygens (including phenoxy) is 1.